The molecule has 0 radical (unpaired) electrons. The molecule has 0 fully saturated rings. The van der Waals surface area contributed by atoms with Gasteiger partial charge in [0.15, 0.2) is 5.75 Å². The molecule has 1 heterocycles. The van der Waals surface area contributed by atoms with E-state index in [0.29, 0.717) is 11.4 Å². The van der Waals surface area contributed by atoms with Crippen LogP contribution in [0.5, 0.6) is 5.75 Å². The van der Waals surface area contributed by atoms with E-state index in [1.54, 1.807) is 37.1 Å². The number of amides is 5. The minimum atomic E-state index is -0.574. The lowest BCUT2D eigenvalue weighted by molar-refractivity contribution is 0.0373. The van der Waals surface area contributed by atoms with Crippen molar-refractivity contribution in [2.24, 2.45) is 5.92 Å². The number of carbonyl (C=O) groups excluding carboxylic acids is 3. The fourth-order valence-corrected chi connectivity index (χ4v) is 4.09. The number of aliphatic hydroxyl groups excluding tert-OH is 1. The lowest BCUT2D eigenvalue weighted by atomic mass is 9.99. The molecule has 0 saturated carbocycles. The Bertz CT molecular complexity index is 1140. The first-order chi connectivity index (χ1) is 18.0. The molecule has 2 aromatic carbocycles. The van der Waals surface area contributed by atoms with Crippen molar-refractivity contribution in [2.45, 2.75) is 45.9 Å². The predicted molar refractivity (Wildman–Crippen MR) is 143 cm³/mol. The molecule has 4 N–H and O–H groups in total. The predicted octanol–water partition coefficient (Wildman–Crippen LogP) is 3.74. The number of likely N-dealkylation sites (N-methyl/N-ethyl adjacent to an activating group) is 1. The van der Waals surface area contributed by atoms with Gasteiger partial charge in [-0.2, -0.15) is 0 Å². The molecular formula is C27H36FN5O5. The second-order valence-corrected chi connectivity index (χ2v) is 9.88. The Balaban J connectivity index is 1.92. The number of fused-ring (bicyclic) bond motifs is 1. The molecule has 1 aliphatic heterocycles. The van der Waals surface area contributed by atoms with E-state index in [0.717, 1.165) is 0 Å². The molecule has 11 heteroatoms. The molecule has 2 aromatic rings. The van der Waals surface area contributed by atoms with Crippen molar-refractivity contribution in [3.63, 3.8) is 0 Å². The number of hydrogen-bond acceptors (Lipinski definition) is 5. The largest absolute Gasteiger partial charge is 0.485 e. The number of hydrogen-bond donors (Lipinski definition) is 4. The molecular weight excluding hydrogens is 493 g/mol. The van der Waals surface area contributed by atoms with Crippen molar-refractivity contribution in [2.75, 3.05) is 37.4 Å². The Labute approximate surface area is 222 Å². The Morgan fingerprint density at radius 2 is 1.84 bits per heavy atom. The van der Waals surface area contributed by atoms with E-state index in [9.17, 15) is 23.9 Å². The maximum Gasteiger partial charge on any atom is 0.321 e. The van der Waals surface area contributed by atoms with E-state index >= 15 is 0 Å². The number of benzene rings is 2. The molecule has 3 rings (SSSR count). The quantitative estimate of drug-likeness (QED) is 0.435. The number of anilines is 2. The zero-order chi connectivity index (χ0) is 28.0. The fourth-order valence-electron chi connectivity index (χ4n) is 4.09. The first-order valence-corrected chi connectivity index (χ1v) is 12.6. The maximum atomic E-state index is 13.5. The summed E-state index contributed by atoms with van der Waals surface area (Å²) in [5.74, 6) is -0.799. The number of rotatable bonds is 7. The van der Waals surface area contributed by atoms with Crippen LogP contribution in [-0.4, -0.2) is 77.8 Å². The number of halogens is 1. The summed E-state index contributed by atoms with van der Waals surface area (Å²) in [6.07, 6.45) is -0.574. The number of nitrogens with zero attached hydrogens (tertiary/aromatic N) is 2. The van der Waals surface area contributed by atoms with Gasteiger partial charge in [-0.3, -0.25) is 4.79 Å². The van der Waals surface area contributed by atoms with Crippen LogP contribution in [0.25, 0.3) is 0 Å². The van der Waals surface area contributed by atoms with Crippen molar-refractivity contribution in [3.8, 4) is 5.75 Å². The van der Waals surface area contributed by atoms with Gasteiger partial charge in [0, 0.05) is 31.2 Å². The van der Waals surface area contributed by atoms with Gasteiger partial charge in [-0.1, -0.05) is 13.0 Å². The molecule has 0 bridgehead atoms. The van der Waals surface area contributed by atoms with Crippen LogP contribution in [0.1, 0.15) is 38.1 Å². The summed E-state index contributed by atoms with van der Waals surface area (Å²) in [7, 11) is 1.61. The van der Waals surface area contributed by atoms with Gasteiger partial charge in [-0.05, 0) is 57.2 Å². The summed E-state index contributed by atoms with van der Waals surface area (Å²) in [5, 5.41) is 18.1. The monoisotopic (exact) mass is 529 g/mol. The topological polar surface area (TPSA) is 123 Å². The number of nitrogens with one attached hydrogen (secondary N) is 3. The van der Waals surface area contributed by atoms with Crippen LogP contribution in [0.2, 0.25) is 0 Å². The molecule has 38 heavy (non-hydrogen) atoms. The highest BCUT2D eigenvalue weighted by Crippen LogP contribution is 2.35. The Morgan fingerprint density at radius 3 is 2.47 bits per heavy atom. The molecule has 0 aromatic heterocycles. The van der Waals surface area contributed by atoms with Crippen molar-refractivity contribution in [1.29, 1.82) is 0 Å². The van der Waals surface area contributed by atoms with Gasteiger partial charge in [0.25, 0.3) is 5.91 Å². The Kier molecular flexibility index (Phi) is 9.51. The van der Waals surface area contributed by atoms with Crippen LogP contribution < -0.4 is 20.7 Å². The van der Waals surface area contributed by atoms with Crippen LogP contribution >= 0.6 is 0 Å². The highest BCUT2D eigenvalue weighted by molar-refractivity contribution is 6.01. The van der Waals surface area contributed by atoms with Gasteiger partial charge < -0.3 is 35.6 Å². The standard InChI is InChI=1S/C27H36FN5O5/c1-16(2)29-26(36)31-22-8-6-7-21-24(22)38-23(17(3)13-33(25(21)35)18(4)15-34)14-32(5)27(37)30-20-11-9-19(28)10-12-20/h6-12,16-18,23,34H,13-15H2,1-5H3,(H,30,37)(H2,29,31,36)/t17-,18-,23+/m1/s1. The third kappa shape index (κ3) is 7.12. The van der Waals surface area contributed by atoms with Crippen LogP contribution in [0.15, 0.2) is 42.5 Å². The van der Waals surface area contributed by atoms with Gasteiger partial charge in [0.2, 0.25) is 0 Å². The molecule has 0 aliphatic carbocycles. The lowest BCUT2D eigenvalue weighted by Crippen LogP contribution is -2.50. The van der Waals surface area contributed by atoms with E-state index in [1.165, 1.54) is 29.2 Å². The van der Waals surface area contributed by atoms with Crippen LogP contribution in [0.3, 0.4) is 0 Å². The first kappa shape index (κ1) is 28.7. The summed E-state index contributed by atoms with van der Waals surface area (Å²) in [5.41, 5.74) is 0.988. The normalized spacial score (nSPS) is 18.0. The third-order valence-electron chi connectivity index (χ3n) is 6.26. The summed E-state index contributed by atoms with van der Waals surface area (Å²) >= 11 is 0. The van der Waals surface area contributed by atoms with Gasteiger partial charge >= 0.3 is 12.1 Å². The van der Waals surface area contributed by atoms with Crippen LogP contribution in [0.4, 0.5) is 25.4 Å². The highest BCUT2D eigenvalue weighted by atomic mass is 19.1. The number of aliphatic hydroxyl groups is 1. The maximum absolute atomic E-state index is 13.5. The molecule has 1 aliphatic rings. The van der Waals surface area contributed by atoms with E-state index in [-0.39, 0.29) is 48.9 Å². The average molecular weight is 530 g/mol. The van der Waals surface area contributed by atoms with Gasteiger partial charge in [-0.25, -0.2) is 14.0 Å². The molecule has 0 saturated heterocycles. The van der Waals surface area contributed by atoms with Crippen molar-refractivity contribution < 1.29 is 28.6 Å². The molecule has 0 spiro atoms. The fraction of sp³-hybridized carbons (Fsp3) is 0.444. The second-order valence-electron chi connectivity index (χ2n) is 9.88. The Hall–Kier alpha value is -3.86. The minimum absolute atomic E-state index is 0.106. The highest BCUT2D eigenvalue weighted by Gasteiger charge is 2.35. The van der Waals surface area contributed by atoms with Crippen LogP contribution in [-0.2, 0) is 0 Å². The molecule has 3 atom stereocenters. The number of ether oxygens (including phenoxy) is 1. The molecule has 10 nitrogen and oxygen atoms in total. The van der Waals surface area contributed by atoms with E-state index < -0.39 is 30.0 Å². The molecule has 206 valence electrons. The van der Waals surface area contributed by atoms with Crippen LogP contribution in [0, 0.1) is 11.7 Å². The number of para-hydroxylation sites is 1. The van der Waals surface area contributed by atoms with Crippen molar-refractivity contribution >= 4 is 29.3 Å². The first-order valence-electron chi connectivity index (χ1n) is 12.6. The average Bonchev–Trinajstić information content (AvgIpc) is 2.86. The smallest absolute Gasteiger partial charge is 0.321 e. The molecule has 0 unspecified atom stereocenters. The lowest BCUT2D eigenvalue weighted by Gasteiger charge is -2.38. The second kappa shape index (κ2) is 12.6. The van der Waals surface area contributed by atoms with E-state index in [1.807, 2.05) is 20.8 Å². The van der Waals surface area contributed by atoms with E-state index in [2.05, 4.69) is 16.0 Å². The SMILES string of the molecule is CC(C)NC(=O)Nc1cccc2c1O[C@@H](CN(C)C(=O)Nc1ccc(F)cc1)[C@H](C)CN([C@H](C)CO)C2=O. The Morgan fingerprint density at radius 1 is 1.16 bits per heavy atom. The molecule has 5 amide bonds. The summed E-state index contributed by atoms with van der Waals surface area (Å²) < 4.78 is 19.6. The minimum Gasteiger partial charge on any atom is -0.485 e. The van der Waals surface area contributed by atoms with Crippen molar-refractivity contribution in [1.82, 2.24) is 15.1 Å². The number of urea groups is 2. The summed E-state index contributed by atoms with van der Waals surface area (Å²) in [4.78, 5) is 41.9. The van der Waals surface area contributed by atoms with Gasteiger partial charge in [-0.15, -0.1) is 0 Å². The van der Waals surface area contributed by atoms with E-state index in [4.69, 9.17) is 4.74 Å². The third-order valence-corrected chi connectivity index (χ3v) is 6.26. The van der Waals surface area contributed by atoms with Gasteiger partial charge in [0.05, 0.1) is 30.4 Å². The zero-order valence-corrected chi connectivity index (χ0v) is 22.3. The zero-order valence-electron chi connectivity index (χ0n) is 22.3. The number of carbonyl (C=O) groups is 3. The summed E-state index contributed by atoms with van der Waals surface area (Å²) in [6.45, 7) is 7.50. The summed E-state index contributed by atoms with van der Waals surface area (Å²) in [6, 6.07) is 8.89. The van der Waals surface area contributed by atoms with Gasteiger partial charge in [0.1, 0.15) is 11.9 Å². The van der Waals surface area contributed by atoms with Crippen molar-refractivity contribution in [3.05, 3.63) is 53.8 Å².